The fourth-order valence-electron chi connectivity index (χ4n) is 2.61. The summed E-state index contributed by atoms with van der Waals surface area (Å²) in [6.45, 7) is 2.61. The zero-order valence-electron chi connectivity index (χ0n) is 13.1. The minimum absolute atomic E-state index is 0.0464. The van der Waals surface area contributed by atoms with Crippen molar-refractivity contribution in [2.75, 3.05) is 0 Å². The van der Waals surface area contributed by atoms with Crippen LogP contribution in [0.25, 0.3) is 17.1 Å². The summed E-state index contributed by atoms with van der Waals surface area (Å²) in [5.41, 5.74) is 2.89. The van der Waals surface area contributed by atoms with Crippen molar-refractivity contribution in [2.45, 2.75) is 19.9 Å². The highest BCUT2D eigenvalue weighted by Gasteiger charge is 2.25. The number of hydrogen-bond acceptors (Lipinski definition) is 5. The van der Waals surface area contributed by atoms with Crippen molar-refractivity contribution >= 4 is 40.1 Å². The summed E-state index contributed by atoms with van der Waals surface area (Å²) in [5.74, 6) is 0.772. The predicted octanol–water partition coefficient (Wildman–Crippen LogP) is 3.86. The number of ether oxygens (including phenoxy) is 1. The standard InChI is InChI=1S/C18H15N3O2S/c1-11-4-6-24-16(11)10-20-17-8-14(22)15(23-17)7-12-9-21-18-13(12)3-2-5-19-18/h2-7,9H,8,10H2,1H3,(H,19,21)/b15-7-,20-17?. The maximum Gasteiger partial charge on any atom is 0.207 e. The maximum absolute atomic E-state index is 12.2. The molecule has 6 heteroatoms. The highest BCUT2D eigenvalue weighted by Crippen LogP contribution is 2.24. The fourth-order valence-corrected chi connectivity index (χ4v) is 3.44. The summed E-state index contributed by atoms with van der Waals surface area (Å²) < 4.78 is 5.67. The van der Waals surface area contributed by atoms with Crippen molar-refractivity contribution in [3.63, 3.8) is 0 Å². The van der Waals surface area contributed by atoms with Gasteiger partial charge in [-0.15, -0.1) is 11.3 Å². The number of thiophene rings is 1. The zero-order chi connectivity index (χ0) is 16.5. The summed E-state index contributed by atoms with van der Waals surface area (Å²) in [4.78, 5) is 25.1. The SMILES string of the molecule is Cc1ccsc1CN=C1CC(=O)/C(=C/c2c[nH]c3ncccc23)O1. The third-order valence-electron chi connectivity index (χ3n) is 3.95. The van der Waals surface area contributed by atoms with E-state index in [1.807, 2.05) is 23.7 Å². The Morgan fingerprint density at radius 3 is 3.21 bits per heavy atom. The van der Waals surface area contributed by atoms with Gasteiger partial charge in [-0.05, 0) is 42.1 Å². The van der Waals surface area contributed by atoms with E-state index < -0.39 is 0 Å². The van der Waals surface area contributed by atoms with Crippen LogP contribution in [0, 0.1) is 6.92 Å². The highest BCUT2D eigenvalue weighted by atomic mass is 32.1. The number of fused-ring (bicyclic) bond motifs is 1. The smallest absolute Gasteiger partial charge is 0.207 e. The lowest BCUT2D eigenvalue weighted by molar-refractivity contribution is -0.114. The van der Waals surface area contributed by atoms with E-state index in [0.29, 0.717) is 18.2 Å². The van der Waals surface area contributed by atoms with Crippen molar-refractivity contribution in [1.29, 1.82) is 0 Å². The second-order valence-corrected chi connectivity index (χ2v) is 6.59. The number of aromatic nitrogens is 2. The molecule has 5 nitrogen and oxygen atoms in total. The molecule has 1 saturated heterocycles. The first-order valence-electron chi connectivity index (χ1n) is 7.62. The van der Waals surface area contributed by atoms with E-state index in [9.17, 15) is 4.79 Å². The van der Waals surface area contributed by atoms with Gasteiger partial charge in [0, 0.05) is 28.2 Å². The topological polar surface area (TPSA) is 67.3 Å². The number of aromatic amines is 1. The Labute approximate surface area is 142 Å². The molecule has 0 spiro atoms. The third kappa shape index (κ3) is 2.76. The summed E-state index contributed by atoms with van der Waals surface area (Å²) >= 11 is 1.67. The lowest BCUT2D eigenvalue weighted by atomic mass is 10.1. The molecule has 4 heterocycles. The molecule has 0 unspecified atom stereocenters. The van der Waals surface area contributed by atoms with Gasteiger partial charge in [0.15, 0.2) is 11.7 Å². The van der Waals surface area contributed by atoms with Crippen LogP contribution in [-0.4, -0.2) is 21.6 Å². The number of carbonyl (C=O) groups excluding carboxylic acids is 1. The second-order valence-electron chi connectivity index (χ2n) is 5.59. The van der Waals surface area contributed by atoms with Gasteiger partial charge >= 0.3 is 0 Å². The third-order valence-corrected chi connectivity index (χ3v) is 4.96. The number of nitrogens with zero attached hydrogens (tertiary/aromatic N) is 2. The molecule has 0 atom stereocenters. The summed E-state index contributed by atoms with van der Waals surface area (Å²) in [6, 6.07) is 5.89. The highest BCUT2D eigenvalue weighted by molar-refractivity contribution is 7.10. The van der Waals surface area contributed by atoms with Gasteiger partial charge in [0.05, 0.1) is 13.0 Å². The monoisotopic (exact) mass is 337 g/mol. The van der Waals surface area contributed by atoms with Gasteiger partial charge in [0.25, 0.3) is 0 Å². The second kappa shape index (κ2) is 6.05. The van der Waals surface area contributed by atoms with Crippen molar-refractivity contribution in [3.05, 3.63) is 57.7 Å². The van der Waals surface area contributed by atoms with Crippen molar-refractivity contribution in [1.82, 2.24) is 9.97 Å². The number of rotatable bonds is 3. The molecule has 1 N–H and O–H groups in total. The largest absolute Gasteiger partial charge is 0.439 e. The van der Waals surface area contributed by atoms with Crippen LogP contribution in [0.5, 0.6) is 0 Å². The van der Waals surface area contributed by atoms with Gasteiger partial charge in [-0.2, -0.15) is 0 Å². The Kier molecular flexibility index (Phi) is 3.74. The van der Waals surface area contributed by atoms with Gasteiger partial charge in [-0.1, -0.05) is 0 Å². The number of hydrogen-bond donors (Lipinski definition) is 1. The molecule has 24 heavy (non-hydrogen) atoms. The Balaban J connectivity index is 1.57. The molecule has 1 aliphatic heterocycles. The number of H-pyrrole nitrogens is 1. The lowest BCUT2D eigenvalue weighted by Crippen LogP contribution is -1.94. The van der Waals surface area contributed by atoms with Crippen LogP contribution >= 0.6 is 11.3 Å². The predicted molar refractivity (Wildman–Crippen MR) is 95.0 cm³/mol. The Bertz CT molecular complexity index is 981. The van der Waals surface area contributed by atoms with E-state index >= 15 is 0 Å². The molecule has 0 bridgehead atoms. The first kappa shape index (κ1) is 14.8. The Morgan fingerprint density at radius 1 is 1.46 bits per heavy atom. The van der Waals surface area contributed by atoms with Gasteiger partial charge in [-0.25, -0.2) is 9.98 Å². The molecule has 4 rings (SSSR count). The molecule has 0 aromatic carbocycles. The fraction of sp³-hybridized carbons (Fsp3) is 0.167. The van der Waals surface area contributed by atoms with Gasteiger partial charge in [0.1, 0.15) is 5.65 Å². The van der Waals surface area contributed by atoms with Gasteiger partial charge in [-0.3, -0.25) is 4.79 Å². The number of Topliss-reactive ketones (excluding diaryl/α,β-unsaturated/α-hetero) is 1. The molecule has 0 radical (unpaired) electrons. The van der Waals surface area contributed by atoms with Crippen molar-refractivity contribution in [3.8, 4) is 0 Å². The minimum atomic E-state index is -0.0464. The number of carbonyl (C=O) groups is 1. The van der Waals surface area contributed by atoms with E-state index in [-0.39, 0.29) is 12.2 Å². The van der Waals surface area contributed by atoms with Crippen LogP contribution in [0.1, 0.15) is 22.4 Å². The molecule has 0 amide bonds. The first-order chi connectivity index (χ1) is 11.7. The molecule has 0 aliphatic carbocycles. The van der Waals surface area contributed by atoms with E-state index in [4.69, 9.17) is 4.74 Å². The average Bonchev–Trinajstić information content (AvgIpc) is 3.27. The lowest BCUT2D eigenvalue weighted by Gasteiger charge is -1.99. The van der Waals surface area contributed by atoms with Crippen molar-refractivity contribution < 1.29 is 9.53 Å². The molecule has 3 aromatic rings. The molecule has 1 fully saturated rings. The van der Waals surface area contributed by atoms with Gasteiger partial charge in [0.2, 0.25) is 5.78 Å². The van der Waals surface area contributed by atoms with E-state index in [1.54, 1.807) is 23.6 Å². The number of pyridine rings is 1. The molecule has 3 aromatic heterocycles. The Hall–Kier alpha value is -2.73. The zero-order valence-corrected chi connectivity index (χ0v) is 13.9. The van der Waals surface area contributed by atoms with Gasteiger partial charge < -0.3 is 9.72 Å². The van der Waals surface area contributed by atoms with Crippen molar-refractivity contribution in [2.24, 2.45) is 4.99 Å². The quantitative estimate of drug-likeness (QED) is 0.738. The molecule has 1 aliphatic rings. The normalized spacial score (nSPS) is 18.0. The molecular formula is C18H15N3O2S. The van der Waals surface area contributed by atoms with Crippen LogP contribution in [0.4, 0.5) is 0 Å². The summed E-state index contributed by atoms with van der Waals surface area (Å²) in [7, 11) is 0. The summed E-state index contributed by atoms with van der Waals surface area (Å²) in [5, 5.41) is 3.00. The first-order valence-corrected chi connectivity index (χ1v) is 8.50. The van der Waals surface area contributed by atoms with Crippen LogP contribution < -0.4 is 0 Å². The number of aryl methyl sites for hydroxylation is 1. The van der Waals surface area contributed by atoms with Crippen LogP contribution in [0.15, 0.2) is 46.7 Å². The number of aliphatic imine (C=N–C) groups is 1. The average molecular weight is 337 g/mol. The van der Waals surface area contributed by atoms with Crippen LogP contribution in [0.2, 0.25) is 0 Å². The number of ketones is 1. The van der Waals surface area contributed by atoms with Crippen LogP contribution in [0.3, 0.4) is 0 Å². The molecule has 0 saturated carbocycles. The van der Waals surface area contributed by atoms with E-state index in [0.717, 1.165) is 16.6 Å². The molecular weight excluding hydrogens is 322 g/mol. The minimum Gasteiger partial charge on any atom is -0.439 e. The number of allylic oxidation sites excluding steroid dienone is 1. The summed E-state index contributed by atoms with van der Waals surface area (Å²) in [6.07, 6.45) is 5.52. The maximum atomic E-state index is 12.2. The molecule has 120 valence electrons. The Morgan fingerprint density at radius 2 is 2.38 bits per heavy atom. The van der Waals surface area contributed by atoms with Crippen LogP contribution in [-0.2, 0) is 16.1 Å². The number of nitrogens with one attached hydrogen (secondary N) is 1. The van der Waals surface area contributed by atoms with E-state index in [1.165, 1.54) is 10.4 Å². The van der Waals surface area contributed by atoms with E-state index in [2.05, 4.69) is 28.0 Å².